The Morgan fingerprint density at radius 2 is 1.24 bits per heavy atom. The monoisotopic (exact) mass is 356 g/mol. The van der Waals surface area contributed by atoms with Crippen LogP contribution in [0, 0.1) is 17.3 Å². The fourth-order valence-corrected chi connectivity index (χ4v) is 4.32. The summed E-state index contributed by atoms with van der Waals surface area (Å²) in [6.45, 7) is 14.3. The molecule has 0 aromatic heterocycles. The van der Waals surface area contributed by atoms with Crippen LogP contribution in [0.1, 0.15) is 68.2 Å². The van der Waals surface area contributed by atoms with E-state index in [2.05, 4.69) is 0 Å². The molecular formula is C19H36N2O4. The van der Waals surface area contributed by atoms with Crippen molar-refractivity contribution in [3.63, 3.8) is 0 Å². The molecule has 25 heavy (non-hydrogen) atoms. The van der Waals surface area contributed by atoms with Gasteiger partial charge in [-0.15, -0.1) is 0 Å². The lowest BCUT2D eigenvalue weighted by atomic mass is 9.80. The molecule has 146 valence electrons. The molecule has 4 N–H and O–H groups in total. The zero-order valence-corrected chi connectivity index (χ0v) is 17.0. The third kappa shape index (κ3) is 4.34. The molecule has 0 aromatic rings. The number of carbonyl (C=O) groups is 2. The molecule has 2 atom stereocenters. The molecule has 1 fully saturated rings. The van der Waals surface area contributed by atoms with Crippen LogP contribution in [-0.4, -0.2) is 50.2 Å². The fourth-order valence-electron chi connectivity index (χ4n) is 4.32. The van der Waals surface area contributed by atoms with E-state index in [1.807, 2.05) is 27.7 Å². The summed E-state index contributed by atoms with van der Waals surface area (Å²) in [6, 6.07) is -1.12. The number of carbonyl (C=O) groups excluding carboxylic acids is 2. The van der Waals surface area contributed by atoms with Gasteiger partial charge >= 0.3 is 0 Å². The molecule has 1 aliphatic rings. The smallest absolute Gasteiger partial charge is 0.238 e. The Kier molecular flexibility index (Phi) is 6.02. The minimum atomic E-state index is -1.20. The second kappa shape index (κ2) is 6.88. The van der Waals surface area contributed by atoms with Crippen molar-refractivity contribution in [2.45, 2.75) is 91.5 Å². The van der Waals surface area contributed by atoms with Crippen molar-refractivity contribution >= 4 is 11.8 Å². The van der Waals surface area contributed by atoms with Gasteiger partial charge in [0.05, 0.1) is 23.3 Å². The third-order valence-electron chi connectivity index (χ3n) is 5.18. The first kappa shape index (κ1) is 21.9. The number of amides is 2. The fraction of sp³-hybridized carbons (Fsp3) is 0.895. The van der Waals surface area contributed by atoms with E-state index >= 15 is 0 Å². The summed E-state index contributed by atoms with van der Waals surface area (Å²) in [7, 11) is 0. The minimum Gasteiger partial charge on any atom is -0.388 e. The predicted octanol–water partition coefficient (Wildman–Crippen LogP) is 1.67. The van der Waals surface area contributed by atoms with Crippen LogP contribution in [0.15, 0.2) is 0 Å². The molecule has 6 nitrogen and oxygen atoms in total. The topological polar surface area (TPSA) is 104 Å². The van der Waals surface area contributed by atoms with Gasteiger partial charge in [0.1, 0.15) is 5.41 Å². The Morgan fingerprint density at radius 1 is 0.920 bits per heavy atom. The van der Waals surface area contributed by atoms with Gasteiger partial charge in [0.15, 0.2) is 0 Å². The van der Waals surface area contributed by atoms with E-state index in [9.17, 15) is 19.8 Å². The highest BCUT2D eigenvalue weighted by atomic mass is 16.3. The van der Waals surface area contributed by atoms with Crippen molar-refractivity contribution in [2.24, 2.45) is 23.0 Å². The number of nitrogens with two attached hydrogens (primary N) is 1. The SMILES string of the molecule is CC(C)C(N(C(=O)C1(C(N)=O)CC1)C(C(C)C)C(C)(C)O)C(C)(C)O. The van der Waals surface area contributed by atoms with E-state index in [-0.39, 0.29) is 17.7 Å². The molecule has 1 rings (SSSR count). The number of hydrogen-bond acceptors (Lipinski definition) is 4. The van der Waals surface area contributed by atoms with Crippen molar-refractivity contribution < 1.29 is 19.8 Å². The Balaban J connectivity index is 3.56. The van der Waals surface area contributed by atoms with Crippen molar-refractivity contribution in [1.82, 2.24) is 4.90 Å². The molecule has 0 aliphatic heterocycles. The minimum absolute atomic E-state index is 0.0729. The lowest BCUT2D eigenvalue weighted by molar-refractivity contribution is -0.167. The third-order valence-corrected chi connectivity index (χ3v) is 5.18. The normalized spacial score (nSPS) is 19.7. The summed E-state index contributed by atoms with van der Waals surface area (Å²) in [4.78, 5) is 27.0. The summed E-state index contributed by atoms with van der Waals surface area (Å²) in [5, 5.41) is 21.6. The molecule has 0 saturated heterocycles. The van der Waals surface area contributed by atoms with Crippen LogP contribution >= 0.6 is 0 Å². The molecule has 0 radical (unpaired) electrons. The average Bonchev–Trinajstić information content (AvgIpc) is 3.13. The maximum Gasteiger partial charge on any atom is 0.238 e. The number of primary amides is 1. The number of aliphatic hydroxyl groups is 2. The zero-order chi connectivity index (χ0) is 20.0. The number of rotatable bonds is 8. The lowest BCUT2D eigenvalue weighted by Crippen LogP contribution is -2.66. The van der Waals surface area contributed by atoms with Crippen LogP contribution in [0.2, 0.25) is 0 Å². The van der Waals surface area contributed by atoms with E-state index in [1.54, 1.807) is 32.6 Å². The molecule has 2 unspecified atom stereocenters. The van der Waals surface area contributed by atoms with Gasteiger partial charge in [-0.3, -0.25) is 9.59 Å². The second-order valence-corrected chi connectivity index (χ2v) is 9.34. The van der Waals surface area contributed by atoms with Crippen molar-refractivity contribution in [3.8, 4) is 0 Å². The largest absolute Gasteiger partial charge is 0.388 e. The standard InChI is InChI=1S/C19H36N2O4/c1-11(2)13(17(5,6)24)21(14(12(3)4)18(7,8)25)16(23)19(9-10-19)15(20)22/h11-14,24-25H,9-10H2,1-8H3,(H2,20,22). The molecule has 0 bridgehead atoms. The number of nitrogens with zero attached hydrogens (tertiary/aromatic N) is 1. The van der Waals surface area contributed by atoms with E-state index in [0.717, 1.165) is 0 Å². The highest BCUT2D eigenvalue weighted by Crippen LogP contribution is 2.49. The van der Waals surface area contributed by atoms with Gasteiger partial charge in [-0.25, -0.2) is 0 Å². The molecular weight excluding hydrogens is 320 g/mol. The Morgan fingerprint density at radius 3 is 1.40 bits per heavy atom. The van der Waals surface area contributed by atoms with Gasteiger partial charge in [-0.1, -0.05) is 27.7 Å². The first-order valence-corrected chi connectivity index (χ1v) is 9.14. The molecule has 1 saturated carbocycles. The lowest BCUT2D eigenvalue weighted by Gasteiger charge is -2.51. The maximum absolute atomic E-state index is 13.5. The van der Waals surface area contributed by atoms with Crippen LogP contribution in [-0.2, 0) is 9.59 Å². The van der Waals surface area contributed by atoms with Crippen LogP contribution in [0.4, 0.5) is 0 Å². The van der Waals surface area contributed by atoms with E-state index in [0.29, 0.717) is 12.8 Å². The quantitative estimate of drug-likeness (QED) is 0.575. The number of hydrogen-bond donors (Lipinski definition) is 3. The van der Waals surface area contributed by atoms with E-state index in [1.165, 1.54) is 0 Å². The Hall–Kier alpha value is -1.14. The maximum atomic E-state index is 13.5. The van der Waals surface area contributed by atoms with Crippen LogP contribution in [0.5, 0.6) is 0 Å². The van der Waals surface area contributed by atoms with Gasteiger partial charge in [-0.05, 0) is 52.4 Å². The summed E-state index contributed by atoms with van der Waals surface area (Å²) in [5.41, 5.74) is 1.94. The van der Waals surface area contributed by atoms with Crippen molar-refractivity contribution in [3.05, 3.63) is 0 Å². The predicted molar refractivity (Wildman–Crippen MR) is 97.6 cm³/mol. The first-order chi connectivity index (χ1) is 11.1. The van der Waals surface area contributed by atoms with Crippen molar-refractivity contribution in [2.75, 3.05) is 0 Å². The van der Waals surface area contributed by atoms with Crippen molar-refractivity contribution in [1.29, 1.82) is 0 Å². The van der Waals surface area contributed by atoms with Gasteiger partial charge < -0.3 is 20.8 Å². The Labute approximate surface area is 151 Å². The summed E-state index contributed by atoms with van der Waals surface area (Å²) in [5.74, 6) is -1.15. The molecule has 0 heterocycles. The van der Waals surface area contributed by atoms with Gasteiger partial charge in [0.25, 0.3) is 0 Å². The highest BCUT2D eigenvalue weighted by molar-refractivity contribution is 6.07. The molecule has 2 amide bonds. The molecule has 0 aromatic carbocycles. The van der Waals surface area contributed by atoms with Gasteiger partial charge in [-0.2, -0.15) is 0 Å². The first-order valence-electron chi connectivity index (χ1n) is 9.14. The summed E-state index contributed by atoms with van der Waals surface area (Å²) >= 11 is 0. The second-order valence-electron chi connectivity index (χ2n) is 9.34. The van der Waals surface area contributed by atoms with Gasteiger partial charge in [0.2, 0.25) is 11.8 Å². The van der Waals surface area contributed by atoms with E-state index in [4.69, 9.17) is 5.73 Å². The van der Waals surface area contributed by atoms with Crippen LogP contribution < -0.4 is 5.73 Å². The highest BCUT2D eigenvalue weighted by Gasteiger charge is 2.60. The van der Waals surface area contributed by atoms with Gasteiger partial charge in [0, 0.05) is 0 Å². The zero-order valence-electron chi connectivity index (χ0n) is 17.0. The summed E-state index contributed by atoms with van der Waals surface area (Å²) in [6.07, 6.45) is 0.843. The summed E-state index contributed by atoms with van der Waals surface area (Å²) < 4.78 is 0. The molecule has 0 spiro atoms. The molecule has 1 aliphatic carbocycles. The molecule has 6 heteroatoms. The van der Waals surface area contributed by atoms with Crippen LogP contribution in [0.3, 0.4) is 0 Å². The Bertz CT molecular complexity index is 484. The van der Waals surface area contributed by atoms with Crippen LogP contribution in [0.25, 0.3) is 0 Å². The average molecular weight is 357 g/mol. The van der Waals surface area contributed by atoms with E-state index < -0.39 is 34.6 Å².